The van der Waals surface area contributed by atoms with Gasteiger partial charge in [-0.1, -0.05) is 38.8 Å². The van der Waals surface area contributed by atoms with Gasteiger partial charge in [-0.15, -0.1) is 0 Å². The van der Waals surface area contributed by atoms with E-state index in [4.69, 9.17) is 4.74 Å². The Balaban J connectivity index is 3.40. The SMILES string of the molecule is CCCC/C=C/C=C/OC(=O)CC. The molecule has 0 N–H and O–H groups in total. The molecule has 0 aliphatic rings. The topological polar surface area (TPSA) is 26.3 Å². The number of allylic oxidation sites excluding steroid dienone is 3. The van der Waals surface area contributed by atoms with Crippen molar-refractivity contribution in [3.8, 4) is 0 Å². The molecule has 0 heterocycles. The van der Waals surface area contributed by atoms with Crippen LogP contribution in [0.5, 0.6) is 0 Å². The lowest BCUT2D eigenvalue weighted by Gasteiger charge is -1.91. The average molecular weight is 182 g/mol. The minimum absolute atomic E-state index is 0.196. The van der Waals surface area contributed by atoms with Gasteiger partial charge in [-0.05, 0) is 12.5 Å². The number of unbranched alkanes of at least 4 members (excludes halogenated alkanes) is 2. The van der Waals surface area contributed by atoms with Crippen molar-refractivity contribution < 1.29 is 9.53 Å². The second-order valence-corrected chi connectivity index (χ2v) is 2.74. The maximum absolute atomic E-state index is 10.6. The first kappa shape index (κ1) is 11.9. The van der Waals surface area contributed by atoms with E-state index in [2.05, 4.69) is 13.0 Å². The third kappa shape index (κ3) is 8.86. The molecule has 0 fully saturated rings. The summed E-state index contributed by atoms with van der Waals surface area (Å²) in [5, 5.41) is 0. The summed E-state index contributed by atoms with van der Waals surface area (Å²) in [6, 6.07) is 0. The zero-order valence-electron chi connectivity index (χ0n) is 8.45. The third-order valence-corrected chi connectivity index (χ3v) is 1.54. The largest absolute Gasteiger partial charge is 0.434 e. The smallest absolute Gasteiger partial charge is 0.310 e. The van der Waals surface area contributed by atoms with Gasteiger partial charge in [0.25, 0.3) is 0 Å². The quantitative estimate of drug-likeness (QED) is 0.273. The van der Waals surface area contributed by atoms with Crippen LogP contribution in [0.4, 0.5) is 0 Å². The van der Waals surface area contributed by atoms with Crippen LogP contribution < -0.4 is 0 Å². The summed E-state index contributed by atoms with van der Waals surface area (Å²) in [6.07, 6.45) is 11.1. The molecule has 2 heteroatoms. The van der Waals surface area contributed by atoms with Gasteiger partial charge in [0.05, 0.1) is 6.26 Å². The molecule has 0 aromatic heterocycles. The molecule has 0 spiro atoms. The molecular weight excluding hydrogens is 164 g/mol. The molecule has 74 valence electrons. The van der Waals surface area contributed by atoms with Gasteiger partial charge in [0.1, 0.15) is 0 Å². The lowest BCUT2D eigenvalue weighted by atomic mass is 10.2. The second kappa shape index (κ2) is 9.04. The molecule has 0 aromatic carbocycles. The van der Waals surface area contributed by atoms with E-state index in [1.165, 1.54) is 19.1 Å². The molecule has 0 bridgehead atoms. The monoisotopic (exact) mass is 182 g/mol. The van der Waals surface area contributed by atoms with E-state index in [-0.39, 0.29) is 5.97 Å². The summed E-state index contributed by atoms with van der Waals surface area (Å²) in [5.41, 5.74) is 0. The Kier molecular flexibility index (Phi) is 8.31. The van der Waals surface area contributed by atoms with E-state index in [1.54, 1.807) is 13.0 Å². The van der Waals surface area contributed by atoms with Crippen LogP contribution in [0.25, 0.3) is 0 Å². The molecule has 0 rings (SSSR count). The highest BCUT2D eigenvalue weighted by Gasteiger charge is 1.90. The van der Waals surface area contributed by atoms with Gasteiger partial charge in [0.15, 0.2) is 0 Å². The fraction of sp³-hybridized carbons (Fsp3) is 0.545. The lowest BCUT2D eigenvalue weighted by molar-refractivity contribution is -0.137. The highest BCUT2D eigenvalue weighted by molar-refractivity contribution is 5.69. The Morgan fingerprint density at radius 2 is 2.08 bits per heavy atom. The first-order valence-corrected chi connectivity index (χ1v) is 4.82. The van der Waals surface area contributed by atoms with Crippen molar-refractivity contribution in [1.82, 2.24) is 0 Å². The number of carbonyl (C=O) groups excluding carboxylic acids is 1. The Morgan fingerprint density at radius 3 is 2.69 bits per heavy atom. The molecular formula is C11H18O2. The van der Waals surface area contributed by atoms with E-state index in [0.29, 0.717) is 6.42 Å². The van der Waals surface area contributed by atoms with Crippen molar-refractivity contribution in [1.29, 1.82) is 0 Å². The average Bonchev–Trinajstić information content (AvgIpc) is 2.16. The van der Waals surface area contributed by atoms with E-state index in [0.717, 1.165) is 6.42 Å². The third-order valence-electron chi connectivity index (χ3n) is 1.54. The summed E-state index contributed by atoms with van der Waals surface area (Å²) in [4.78, 5) is 10.6. The number of hydrogen-bond acceptors (Lipinski definition) is 2. The van der Waals surface area contributed by atoms with Gasteiger partial charge in [-0.3, -0.25) is 4.79 Å². The Labute approximate surface area is 80.3 Å². The highest BCUT2D eigenvalue weighted by atomic mass is 16.5. The molecule has 0 saturated carbocycles. The Hall–Kier alpha value is -1.05. The van der Waals surface area contributed by atoms with Crippen LogP contribution in [-0.2, 0) is 9.53 Å². The van der Waals surface area contributed by atoms with Crippen molar-refractivity contribution in [3.63, 3.8) is 0 Å². The zero-order valence-corrected chi connectivity index (χ0v) is 8.45. The van der Waals surface area contributed by atoms with Gasteiger partial charge < -0.3 is 4.74 Å². The predicted molar refractivity (Wildman–Crippen MR) is 54.2 cm³/mol. The van der Waals surface area contributed by atoms with Crippen LogP contribution in [0.1, 0.15) is 39.5 Å². The van der Waals surface area contributed by atoms with Gasteiger partial charge in [0, 0.05) is 6.42 Å². The van der Waals surface area contributed by atoms with Gasteiger partial charge >= 0.3 is 5.97 Å². The lowest BCUT2D eigenvalue weighted by Crippen LogP contribution is -1.94. The van der Waals surface area contributed by atoms with E-state index >= 15 is 0 Å². The molecule has 0 saturated heterocycles. The summed E-state index contributed by atoms with van der Waals surface area (Å²) in [7, 11) is 0. The molecule has 2 nitrogen and oxygen atoms in total. The number of esters is 1. The Bertz CT molecular complexity index is 181. The Morgan fingerprint density at radius 1 is 1.31 bits per heavy atom. The number of rotatable bonds is 6. The number of hydrogen-bond donors (Lipinski definition) is 0. The second-order valence-electron chi connectivity index (χ2n) is 2.74. The molecule has 0 aliphatic heterocycles. The van der Waals surface area contributed by atoms with Gasteiger partial charge in [-0.2, -0.15) is 0 Å². The van der Waals surface area contributed by atoms with Crippen LogP contribution in [0.15, 0.2) is 24.5 Å². The van der Waals surface area contributed by atoms with Gasteiger partial charge in [0.2, 0.25) is 0 Å². The van der Waals surface area contributed by atoms with Gasteiger partial charge in [-0.25, -0.2) is 0 Å². The van der Waals surface area contributed by atoms with Crippen LogP contribution in [0.3, 0.4) is 0 Å². The summed E-state index contributed by atoms with van der Waals surface area (Å²) in [6.45, 7) is 3.93. The van der Waals surface area contributed by atoms with E-state index < -0.39 is 0 Å². The fourth-order valence-corrected chi connectivity index (χ4v) is 0.741. The maximum atomic E-state index is 10.6. The maximum Gasteiger partial charge on any atom is 0.310 e. The first-order valence-electron chi connectivity index (χ1n) is 4.82. The highest BCUT2D eigenvalue weighted by Crippen LogP contribution is 1.95. The molecule has 0 aliphatic carbocycles. The minimum atomic E-state index is -0.196. The molecule has 0 aromatic rings. The fourth-order valence-electron chi connectivity index (χ4n) is 0.741. The van der Waals surface area contributed by atoms with Crippen molar-refractivity contribution in [3.05, 3.63) is 24.5 Å². The normalized spacial score (nSPS) is 11.2. The molecule has 0 unspecified atom stereocenters. The number of ether oxygens (including phenoxy) is 1. The minimum Gasteiger partial charge on any atom is -0.434 e. The molecule has 0 radical (unpaired) electrons. The standard InChI is InChI=1S/C11H18O2/c1-3-5-6-7-8-9-10-13-11(12)4-2/h7-10H,3-6H2,1-2H3/b8-7+,10-9+. The van der Waals surface area contributed by atoms with Crippen molar-refractivity contribution >= 4 is 5.97 Å². The first-order chi connectivity index (χ1) is 6.31. The molecule has 0 atom stereocenters. The number of carbonyl (C=O) groups is 1. The summed E-state index contributed by atoms with van der Waals surface area (Å²) >= 11 is 0. The van der Waals surface area contributed by atoms with Crippen molar-refractivity contribution in [2.75, 3.05) is 0 Å². The zero-order chi connectivity index (χ0) is 9.94. The van der Waals surface area contributed by atoms with Crippen LogP contribution in [-0.4, -0.2) is 5.97 Å². The van der Waals surface area contributed by atoms with Crippen molar-refractivity contribution in [2.24, 2.45) is 0 Å². The van der Waals surface area contributed by atoms with Crippen LogP contribution >= 0.6 is 0 Å². The van der Waals surface area contributed by atoms with E-state index in [9.17, 15) is 4.79 Å². The molecule has 0 amide bonds. The van der Waals surface area contributed by atoms with Crippen LogP contribution in [0.2, 0.25) is 0 Å². The van der Waals surface area contributed by atoms with E-state index in [1.807, 2.05) is 6.08 Å². The summed E-state index contributed by atoms with van der Waals surface area (Å²) < 4.78 is 4.73. The van der Waals surface area contributed by atoms with Crippen LogP contribution in [0, 0.1) is 0 Å². The van der Waals surface area contributed by atoms with Crippen molar-refractivity contribution in [2.45, 2.75) is 39.5 Å². The predicted octanol–water partition coefficient (Wildman–Crippen LogP) is 3.20. The molecule has 13 heavy (non-hydrogen) atoms. The summed E-state index contributed by atoms with van der Waals surface area (Å²) in [5.74, 6) is -0.196.